The van der Waals surface area contributed by atoms with E-state index >= 15 is 0 Å². The number of carbonyl (C=O) groups is 2. The van der Waals surface area contributed by atoms with E-state index in [1.54, 1.807) is 37.3 Å². The molecule has 0 spiro atoms. The van der Waals surface area contributed by atoms with E-state index in [1.807, 2.05) is 32.0 Å². The fourth-order valence-corrected chi connectivity index (χ4v) is 6.26. The summed E-state index contributed by atoms with van der Waals surface area (Å²) in [5, 5.41) is 22.2. The summed E-state index contributed by atoms with van der Waals surface area (Å²) in [5.74, 6) is -1.01. The van der Waals surface area contributed by atoms with Gasteiger partial charge in [-0.05, 0) is 79.9 Å². The first kappa shape index (κ1) is 24.9. The molecular weight excluding hydrogens is 516 g/mol. The summed E-state index contributed by atoms with van der Waals surface area (Å²) in [5.41, 5.74) is 3.52. The standard InChI is InChI=1S/C30H26N2O6S/c1-4-37-23-14-17(6-9-21(23)33)26-25(27(34)18-7-10-22-19(13-18)12-16(3)38-22)28(35)29(36)32(26)30-31-20-8-5-15(2)11-24(20)39-30/h5-11,13-14,16,26,33-34H,4,12H2,1-3H3. The molecule has 198 valence electrons. The summed E-state index contributed by atoms with van der Waals surface area (Å²) in [6.07, 6.45) is 0.689. The van der Waals surface area contributed by atoms with Crippen LogP contribution >= 0.6 is 11.3 Å². The number of hydrogen-bond acceptors (Lipinski definition) is 8. The SMILES string of the molecule is CCOc1cc(C2C(=C(O)c3ccc4c(c3)CC(C)O4)C(=O)C(=O)N2c2nc3ccc(C)cc3s2)ccc1O. The van der Waals surface area contributed by atoms with Crippen LogP contribution in [-0.2, 0) is 16.0 Å². The second kappa shape index (κ2) is 9.43. The Morgan fingerprint density at radius 1 is 1.15 bits per heavy atom. The summed E-state index contributed by atoms with van der Waals surface area (Å²) in [6, 6.07) is 14.7. The molecule has 0 bridgehead atoms. The van der Waals surface area contributed by atoms with Crippen LogP contribution in [-0.4, -0.2) is 39.6 Å². The van der Waals surface area contributed by atoms with Gasteiger partial charge in [0.15, 0.2) is 16.6 Å². The molecular formula is C30H26N2O6S. The zero-order valence-corrected chi connectivity index (χ0v) is 22.4. The van der Waals surface area contributed by atoms with Crippen LogP contribution < -0.4 is 14.4 Å². The number of aliphatic hydroxyl groups is 1. The minimum atomic E-state index is -0.991. The van der Waals surface area contributed by atoms with E-state index < -0.39 is 17.7 Å². The van der Waals surface area contributed by atoms with Gasteiger partial charge in [-0.3, -0.25) is 14.5 Å². The molecule has 2 unspecified atom stereocenters. The van der Waals surface area contributed by atoms with Gasteiger partial charge < -0.3 is 19.7 Å². The van der Waals surface area contributed by atoms with Gasteiger partial charge in [0.25, 0.3) is 5.78 Å². The number of benzene rings is 3. The number of Topliss-reactive ketones (excluding diaryl/α,β-unsaturated/α-hetero) is 1. The molecule has 0 saturated carbocycles. The zero-order chi connectivity index (χ0) is 27.4. The van der Waals surface area contributed by atoms with E-state index in [0.717, 1.165) is 21.6 Å². The summed E-state index contributed by atoms with van der Waals surface area (Å²) >= 11 is 1.30. The number of phenolic OH excluding ortho intramolecular Hbond substituents is 1. The highest BCUT2D eigenvalue weighted by Gasteiger charge is 2.48. The predicted molar refractivity (Wildman–Crippen MR) is 149 cm³/mol. The van der Waals surface area contributed by atoms with Gasteiger partial charge in [0.05, 0.1) is 28.4 Å². The number of fused-ring (bicyclic) bond motifs is 2. The van der Waals surface area contributed by atoms with Crippen molar-refractivity contribution in [1.82, 2.24) is 4.98 Å². The zero-order valence-electron chi connectivity index (χ0n) is 21.6. The summed E-state index contributed by atoms with van der Waals surface area (Å²) in [6.45, 7) is 6.04. The third-order valence-electron chi connectivity index (χ3n) is 6.95. The number of aliphatic hydroxyl groups excluding tert-OH is 1. The molecule has 2 aliphatic heterocycles. The van der Waals surface area contributed by atoms with Gasteiger partial charge in [-0.2, -0.15) is 0 Å². The number of aromatic hydroxyl groups is 1. The van der Waals surface area contributed by atoms with Crippen molar-refractivity contribution in [2.45, 2.75) is 39.3 Å². The van der Waals surface area contributed by atoms with Crippen LogP contribution in [0.25, 0.3) is 16.0 Å². The lowest BCUT2D eigenvalue weighted by atomic mass is 9.94. The summed E-state index contributed by atoms with van der Waals surface area (Å²) in [7, 11) is 0. The Hall–Kier alpha value is -4.37. The molecule has 1 fully saturated rings. The maximum atomic E-state index is 13.6. The van der Waals surface area contributed by atoms with Crippen molar-refractivity contribution in [2.75, 3.05) is 11.5 Å². The summed E-state index contributed by atoms with van der Waals surface area (Å²) < 4.78 is 12.2. The number of ketones is 1. The third-order valence-corrected chi connectivity index (χ3v) is 7.97. The second-order valence-corrected chi connectivity index (χ2v) is 10.8. The van der Waals surface area contributed by atoms with Crippen LogP contribution in [0, 0.1) is 6.92 Å². The molecule has 3 heterocycles. The van der Waals surface area contributed by atoms with Gasteiger partial charge in [-0.15, -0.1) is 0 Å². The highest BCUT2D eigenvalue weighted by Crippen LogP contribution is 2.46. The van der Waals surface area contributed by atoms with E-state index in [4.69, 9.17) is 9.47 Å². The van der Waals surface area contributed by atoms with Crippen LogP contribution in [0.5, 0.6) is 17.2 Å². The number of amides is 1. The molecule has 9 heteroatoms. The fourth-order valence-electron chi connectivity index (χ4n) is 5.16. The first-order valence-electron chi connectivity index (χ1n) is 12.7. The molecule has 4 aromatic rings. The van der Waals surface area contributed by atoms with Crippen molar-refractivity contribution >= 4 is 44.1 Å². The van der Waals surface area contributed by atoms with Crippen molar-refractivity contribution in [3.05, 3.63) is 82.4 Å². The van der Waals surface area contributed by atoms with Crippen molar-refractivity contribution < 1.29 is 29.3 Å². The van der Waals surface area contributed by atoms with E-state index in [0.29, 0.717) is 34.8 Å². The lowest BCUT2D eigenvalue weighted by Crippen LogP contribution is -2.29. The monoisotopic (exact) mass is 542 g/mol. The van der Waals surface area contributed by atoms with Crippen LogP contribution in [0.1, 0.15) is 42.1 Å². The molecule has 1 amide bonds. The van der Waals surface area contributed by atoms with Crippen LogP contribution in [0.3, 0.4) is 0 Å². The number of nitrogens with zero attached hydrogens (tertiary/aromatic N) is 2. The molecule has 1 aromatic heterocycles. The molecule has 39 heavy (non-hydrogen) atoms. The van der Waals surface area contributed by atoms with Gasteiger partial charge in [0.2, 0.25) is 0 Å². The largest absolute Gasteiger partial charge is 0.507 e. The molecule has 1 saturated heterocycles. The van der Waals surface area contributed by atoms with Gasteiger partial charge >= 0.3 is 5.91 Å². The Balaban J connectivity index is 1.55. The van der Waals surface area contributed by atoms with Crippen molar-refractivity contribution in [2.24, 2.45) is 0 Å². The van der Waals surface area contributed by atoms with Crippen LogP contribution in [0.4, 0.5) is 5.13 Å². The van der Waals surface area contributed by atoms with Crippen LogP contribution in [0.2, 0.25) is 0 Å². The Morgan fingerprint density at radius 3 is 2.77 bits per heavy atom. The topological polar surface area (TPSA) is 109 Å². The van der Waals surface area contributed by atoms with Gasteiger partial charge in [-0.25, -0.2) is 4.98 Å². The average Bonchev–Trinajstić information content (AvgIpc) is 3.57. The van der Waals surface area contributed by atoms with Crippen molar-refractivity contribution in [3.8, 4) is 17.2 Å². The van der Waals surface area contributed by atoms with Gasteiger partial charge in [-0.1, -0.05) is 23.5 Å². The lowest BCUT2D eigenvalue weighted by Gasteiger charge is -2.23. The van der Waals surface area contributed by atoms with Crippen molar-refractivity contribution in [3.63, 3.8) is 0 Å². The van der Waals surface area contributed by atoms with E-state index in [9.17, 15) is 19.8 Å². The molecule has 2 atom stereocenters. The molecule has 2 N–H and O–H groups in total. The number of anilines is 1. The number of aromatic nitrogens is 1. The maximum Gasteiger partial charge on any atom is 0.301 e. The maximum absolute atomic E-state index is 13.6. The number of rotatable bonds is 5. The number of ether oxygens (including phenoxy) is 2. The Morgan fingerprint density at radius 2 is 1.97 bits per heavy atom. The van der Waals surface area contributed by atoms with Gasteiger partial charge in [0.1, 0.15) is 17.6 Å². The van der Waals surface area contributed by atoms with E-state index in [-0.39, 0.29) is 28.9 Å². The normalized spacial score (nSPS) is 19.9. The number of phenols is 1. The highest BCUT2D eigenvalue weighted by molar-refractivity contribution is 7.22. The second-order valence-electron chi connectivity index (χ2n) is 9.75. The lowest BCUT2D eigenvalue weighted by molar-refractivity contribution is -0.132. The number of thiazole rings is 1. The number of hydrogen-bond donors (Lipinski definition) is 2. The number of aryl methyl sites for hydroxylation is 1. The minimum Gasteiger partial charge on any atom is -0.507 e. The molecule has 8 nitrogen and oxygen atoms in total. The average molecular weight is 543 g/mol. The summed E-state index contributed by atoms with van der Waals surface area (Å²) in [4.78, 5) is 33.2. The quantitative estimate of drug-likeness (QED) is 0.190. The molecule has 3 aromatic carbocycles. The Labute approximate surface area is 228 Å². The Kier molecular flexibility index (Phi) is 6.03. The van der Waals surface area contributed by atoms with Gasteiger partial charge in [0, 0.05) is 12.0 Å². The van der Waals surface area contributed by atoms with Crippen molar-refractivity contribution in [1.29, 1.82) is 0 Å². The van der Waals surface area contributed by atoms with E-state index in [1.165, 1.54) is 22.3 Å². The highest BCUT2D eigenvalue weighted by atomic mass is 32.1. The predicted octanol–water partition coefficient (Wildman–Crippen LogP) is 5.66. The molecule has 0 aliphatic carbocycles. The van der Waals surface area contributed by atoms with E-state index in [2.05, 4.69) is 4.98 Å². The first-order valence-corrected chi connectivity index (χ1v) is 13.5. The molecule has 2 aliphatic rings. The molecule has 0 radical (unpaired) electrons. The third kappa shape index (κ3) is 4.19. The smallest absolute Gasteiger partial charge is 0.301 e. The first-order chi connectivity index (χ1) is 18.7. The Bertz CT molecular complexity index is 1690. The minimum absolute atomic E-state index is 0.0135. The van der Waals surface area contributed by atoms with Crippen LogP contribution in [0.15, 0.2) is 60.2 Å². The number of carbonyl (C=O) groups excluding carboxylic acids is 2. The fraction of sp³-hybridized carbons (Fsp3) is 0.233. The molecule has 6 rings (SSSR count).